The van der Waals surface area contributed by atoms with Gasteiger partial charge in [0.25, 0.3) is 0 Å². The van der Waals surface area contributed by atoms with Gasteiger partial charge in [0.1, 0.15) is 11.6 Å². The summed E-state index contributed by atoms with van der Waals surface area (Å²) >= 11 is 2.24. The third kappa shape index (κ3) is 2.65. The van der Waals surface area contributed by atoms with E-state index in [9.17, 15) is 4.79 Å². The third-order valence-electron chi connectivity index (χ3n) is 2.86. The van der Waals surface area contributed by atoms with E-state index in [-0.39, 0.29) is 5.69 Å². The quantitative estimate of drug-likeness (QED) is 0.649. The topological polar surface area (TPSA) is 70.1 Å². The molecule has 1 aromatic heterocycles. The van der Waals surface area contributed by atoms with Crippen molar-refractivity contribution < 1.29 is 9.53 Å². The van der Waals surface area contributed by atoms with Crippen LogP contribution in [0.3, 0.4) is 0 Å². The van der Waals surface area contributed by atoms with Crippen molar-refractivity contribution in [2.24, 2.45) is 0 Å². The second-order valence-electron chi connectivity index (χ2n) is 4.12. The number of hydrogen-bond donors (Lipinski definition) is 1. The molecule has 1 aromatic carbocycles. The molecule has 0 fully saturated rings. The summed E-state index contributed by atoms with van der Waals surface area (Å²) < 4.78 is 7.85. The summed E-state index contributed by atoms with van der Waals surface area (Å²) in [6.07, 6.45) is 0.675. The van der Waals surface area contributed by atoms with Crippen LogP contribution in [0, 0.1) is 3.57 Å². The van der Waals surface area contributed by atoms with Gasteiger partial charge in [-0.3, -0.25) is 4.57 Å². The van der Waals surface area contributed by atoms with Crippen molar-refractivity contribution in [1.29, 1.82) is 0 Å². The monoisotopic (exact) mass is 385 g/mol. The van der Waals surface area contributed by atoms with Crippen molar-refractivity contribution in [3.63, 3.8) is 0 Å². The minimum absolute atomic E-state index is 0.184. The van der Waals surface area contributed by atoms with Crippen LogP contribution in [0.2, 0.25) is 0 Å². The van der Waals surface area contributed by atoms with E-state index in [0.29, 0.717) is 18.8 Å². The summed E-state index contributed by atoms with van der Waals surface area (Å²) in [5, 5.41) is 0. The second kappa shape index (κ2) is 6.25. The number of aryl methyl sites for hydroxylation is 1. The largest absolute Gasteiger partial charge is 0.461 e. The third-order valence-corrected chi connectivity index (χ3v) is 3.77. The molecule has 1 heterocycles. The van der Waals surface area contributed by atoms with Crippen molar-refractivity contribution in [2.75, 3.05) is 12.3 Å². The van der Waals surface area contributed by atoms with E-state index in [0.717, 1.165) is 15.1 Å². The van der Waals surface area contributed by atoms with Gasteiger partial charge in [-0.05, 0) is 41.6 Å². The van der Waals surface area contributed by atoms with Crippen molar-refractivity contribution in [2.45, 2.75) is 20.3 Å². The molecule has 0 radical (unpaired) electrons. The van der Waals surface area contributed by atoms with Crippen LogP contribution in [0.4, 0.5) is 5.82 Å². The number of benzene rings is 1. The van der Waals surface area contributed by atoms with Gasteiger partial charge in [0.15, 0.2) is 5.69 Å². The Labute approximate surface area is 131 Å². The number of nitrogen functional groups attached to an aromatic ring is 1. The molecule has 2 N–H and O–H groups in total. The van der Waals surface area contributed by atoms with E-state index in [1.165, 1.54) is 0 Å². The van der Waals surface area contributed by atoms with Crippen molar-refractivity contribution in [1.82, 2.24) is 9.55 Å². The van der Waals surface area contributed by atoms with Gasteiger partial charge < -0.3 is 10.5 Å². The lowest BCUT2D eigenvalue weighted by Gasteiger charge is -2.10. The van der Waals surface area contributed by atoms with Crippen LogP contribution in [0.1, 0.15) is 30.2 Å². The molecular formula is C14H16IN3O2. The Hall–Kier alpha value is -1.57. The predicted molar refractivity (Wildman–Crippen MR) is 86.0 cm³/mol. The van der Waals surface area contributed by atoms with E-state index < -0.39 is 5.97 Å². The minimum atomic E-state index is -0.482. The fourth-order valence-corrected chi connectivity index (χ4v) is 2.60. The number of carbonyl (C=O) groups is 1. The number of imidazole rings is 1. The zero-order valence-corrected chi connectivity index (χ0v) is 13.5. The molecule has 2 aromatic rings. The SMILES string of the molecule is CCOC(=O)c1nc(CC)n(-c2ccccc2I)c1N. The van der Waals surface area contributed by atoms with E-state index in [1.54, 1.807) is 6.92 Å². The number of rotatable bonds is 4. The zero-order valence-electron chi connectivity index (χ0n) is 11.4. The number of para-hydroxylation sites is 1. The van der Waals surface area contributed by atoms with Gasteiger partial charge in [-0.15, -0.1) is 0 Å². The Morgan fingerprint density at radius 2 is 2.10 bits per heavy atom. The first kappa shape index (κ1) is 14.8. The normalized spacial score (nSPS) is 10.6. The summed E-state index contributed by atoms with van der Waals surface area (Å²) in [7, 11) is 0. The van der Waals surface area contributed by atoms with Crippen LogP contribution >= 0.6 is 22.6 Å². The van der Waals surface area contributed by atoms with Crippen LogP contribution < -0.4 is 5.73 Å². The van der Waals surface area contributed by atoms with Gasteiger partial charge >= 0.3 is 5.97 Å². The zero-order chi connectivity index (χ0) is 14.7. The molecular weight excluding hydrogens is 369 g/mol. The first-order valence-corrected chi connectivity index (χ1v) is 7.47. The highest BCUT2D eigenvalue weighted by Gasteiger charge is 2.22. The maximum atomic E-state index is 11.9. The number of anilines is 1. The molecule has 0 saturated carbocycles. The molecule has 0 bridgehead atoms. The van der Waals surface area contributed by atoms with Gasteiger partial charge in [0.2, 0.25) is 0 Å². The van der Waals surface area contributed by atoms with E-state index in [4.69, 9.17) is 10.5 Å². The maximum absolute atomic E-state index is 11.9. The molecule has 6 heteroatoms. The van der Waals surface area contributed by atoms with E-state index in [1.807, 2.05) is 35.8 Å². The van der Waals surface area contributed by atoms with E-state index in [2.05, 4.69) is 27.6 Å². The van der Waals surface area contributed by atoms with Crippen molar-refractivity contribution >= 4 is 34.4 Å². The summed E-state index contributed by atoms with van der Waals surface area (Å²) in [6, 6.07) is 7.82. The predicted octanol–water partition coefficient (Wildman–Crippen LogP) is 2.80. The second-order valence-corrected chi connectivity index (χ2v) is 5.28. The molecule has 106 valence electrons. The number of carbonyl (C=O) groups excluding carboxylic acids is 1. The summed E-state index contributed by atoms with van der Waals surface area (Å²) in [5.74, 6) is 0.587. The molecule has 2 rings (SSSR count). The highest BCUT2D eigenvalue weighted by atomic mass is 127. The van der Waals surface area contributed by atoms with Gasteiger partial charge in [-0.2, -0.15) is 0 Å². The molecule has 0 aliphatic rings. The number of ether oxygens (including phenoxy) is 1. The van der Waals surface area contributed by atoms with Crippen LogP contribution in [0.25, 0.3) is 5.69 Å². The number of nitrogens with two attached hydrogens (primary N) is 1. The van der Waals surface area contributed by atoms with Gasteiger partial charge in [-0.25, -0.2) is 9.78 Å². The van der Waals surface area contributed by atoms with Gasteiger partial charge in [0.05, 0.1) is 12.3 Å². The fraction of sp³-hybridized carbons (Fsp3) is 0.286. The lowest BCUT2D eigenvalue weighted by atomic mass is 10.3. The minimum Gasteiger partial charge on any atom is -0.461 e. The Morgan fingerprint density at radius 3 is 2.70 bits per heavy atom. The maximum Gasteiger partial charge on any atom is 0.360 e. The molecule has 0 amide bonds. The summed E-state index contributed by atoms with van der Waals surface area (Å²) in [6.45, 7) is 4.03. The smallest absolute Gasteiger partial charge is 0.360 e. The molecule has 0 atom stereocenters. The number of halogens is 1. The number of hydrogen-bond acceptors (Lipinski definition) is 4. The Kier molecular flexibility index (Phi) is 4.64. The standard InChI is InChI=1S/C14H16IN3O2/c1-3-11-17-12(14(19)20-4-2)13(16)18(11)10-8-6-5-7-9(10)15/h5-8H,3-4,16H2,1-2H3. The lowest BCUT2D eigenvalue weighted by Crippen LogP contribution is -2.10. The average molecular weight is 385 g/mol. The average Bonchev–Trinajstić information content (AvgIpc) is 2.77. The number of esters is 1. The molecule has 0 saturated heterocycles. The van der Waals surface area contributed by atoms with Crippen LogP contribution in [-0.4, -0.2) is 22.1 Å². The summed E-state index contributed by atoms with van der Waals surface area (Å²) in [5.41, 5.74) is 7.21. The molecule has 0 spiro atoms. The molecule has 5 nitrogen and oxygen atoms in total. The highest BCUT2D eigenvalue weighted by Crippen LogP contribution is 2.25. The van der Waals surface area contributed by atoms with E-state index >= 15 is 0 Å². The van der Waals surface area contributed by atoms with Gasteiger partial charge in [-0.1, -0.05) is 19.1 Å². The van der Waals surface area contributed by atoms with Gasteiger partial charge in [0, 0.05) is 9.99 Å². The number of aromatic nitrogens is 2. The Bertz CT molecular complexity index is 637. The van der Waals surface area contributed by atoms with Crippen LogP contribution in [-0.2, 0) is 11.2 Å². The molecule has 20 heavy (non-hydrogen) atoms. The summed E-state index contributed by atoms with van der Waals surface area (Å²) in [4.78, 5) is 16.2. The molecule has 0 aliphatic carbocycles. The number of nitrogens with zero attached hydrogens (tertiary/aromatic N) is 2. The van der Waals surface area contributed by atoms with Crippen molar-refractivity contribution in [3.05, 3.63) is 39.4 Å². The first-order chi connectivity index (χ1) is 9.60. The van der Waals surface area contributed by atoms with Crippen molar-refractivity contribution in [3.8, 4) is 5.69 Å². The first-order valence-electron chi connectivity index (χ1n) is 6.39. The lowest BCUT2D eigenvalue weighted by molar-refractivity contribution is 0.0521. The molecule has 0 aliphatic heterocycles. The Morgan fingerprint density at radius 1 is 1.40 bits per heavy atom. The fourth-order valence-electron chi connectivity index (χ4n) is 1.97. The van der Waals surface area contributed by atoms with Crippen LogP contribution in [0.15, 0.2) is 24.3 Å². The highest BCUT2D eigenvalue weighted by molar-refractivity contribution is 14.1. The Balaban J connectivity index is 2.59. The van der Waals surface area contributed by atoms with Crippen LogP contribution in [0.5, 0.6) is 0 Å². The molecule has 0 unspecified atom stereocenters.